The standard InChI is InChI=1S/C9H14N2S/c1(8-3-4-10-7-8)2-9-11-5-6-12-9/h5-6,8,10H,1-4,7H2. The largest absolute Gasteiger partial charge is 0.316 e. The predicted octanol–water partition coefficient (Wildman–Crippen LogP) is 1.69. The van der Waals surface area contributed by atoms with Crippen LogP contribution in [-0.4, -0.2) is 18.1 Å². The molecule has 0 saturated carbocycles. The Balaban J connectivity index is 1.74. The van der Waals surface area contributed by atoms with Gasteiger partial charge in [-0.25, -0.2) is 4.98 Å². The zero-order valence-electron chi connectivity index (χ0n) is 7.12. The monoisotopic (exact) mass is 182 g/mol. The van der Waals surface area contributed by atoms with Crippen molar-refractivity contribution in [3.05, 3.63) is 16.6 Å². The highest BCUT2D eigenvalue weighted by atomic mass is 32.1. The fourth-order valence-electron chi connectivity index (χ4n) is 1.66. The van der Waals surface area contributed by atoms with Crippen molar-refractivity contribution >= 4 is 11.3 Å². The van der Waals surface area contributed by atoms with Crippen LogP contribution in [0.25, 0.3) is 0 Å². The van der Waals surface area contributed by atoms with E-state index in [1.165, 1.54) is 37.4 Å². The molecule has 66 valence electrons. The van der Waals surface area contributed by atoms with E-state index in [2.05, 4.69) is 15.7 Å². The number of rotatable bonds is 3. The van der Waals surface area contributed by atoms with E-state index in [0.29, 0.717) is 0 Å². The van der Waals surface area contributed by atoms with E-state index in [1.54, 1.807) is 11.3 Å². The van der Waals surface area contributed by atoms with Gasteiger partial charge in [-0.1, -0.05) is 0 Å². The van der Waals surface area contributed by atoms with Gasteiger partial charge in [0.25, 0.3) is 0 Å². The normalized spacial score (nSPS) is 23.2. The maximum absolute atomic E-state index is 4.28. The maximum Gasteiger partial charge on any atom is 0.0924 e. The number of thiazole rings is 1. The van der Waals surface area contributed by atoms with E-state index in [9.17, 15) is 0 Å². The van der Waals surface area contributed by atoms with Gasteiger partial charge in [0, 0.05) is 11.6 Å². The van der Waals surface area contributed by atoms with E-state index in [4.69, 9.17) is 0 Å². The Hall–Kier alpha value is -0.410. The quantitative estimate of drug-likeness (QED) is 0.769. The molecule has 1 aromatic rings. The molecule has 0 amide bonds. The van der Waals surface area contributed by atoms with E-state index < -0.39 is 0 Å². The fourth-order valence-corrected chi connectivity index (χ4v) is 2.30. The van der Waals surface area contributed by atoms with Crippen molar-refractivity contribution in [3.63, 3.8) is 0 Å². The molecule has 0 aromatic carbocycles. The smallest absolute Gasteiger partial charge is 0.0924 e. The first-order valence-corrected chi connectivity index (χ1v) is 5.42. The number of nitrogens with zero attached hydrogens (tertiary/aromatic N) is 1. The molecule has 1 atom stereocenters. The van der Waals surface area contributed by atoms with Crippen molar-refractivity contribution in [1.82, 2.24) is 10.3 Å². The Morgan fingerprint density at radius 3 is 3.33 bits per heavy atom. The Morgan fingerprint density at radius 1 is 1.67 bits per heavy atom. The number of hydrogen-bond acceptors (Lipinski definition) is 3. The van der Waals surface area contributed by atoms with Gasteiger partial charge in [0.2, 0.25) is 0 Å². The zero-order chi connectivity index (χ0) is 8.23. The summed E-state index contributed by atoms with van der Waals surface area (Å²) in [7, 11) is 0. The van der Waals surface area contributed by atoms with Crippen LogP contribution in [0.5, 0.6) is 0 Å². The highest BCUT2D eigenvalue weighted by Gasteiger charge is 2.14. The average molecular weight is 182 g/mol. The minimum absolute atomic E-state index is 0.897. The van der Waals surface area contributed by atoms with Gasteiger partial charge in [-0.2, -0.15) is 0 Å². The van der Waals surface area contributed by atoms with Crippen molar-refractivity contribution in [3.8, 4) is 0 Å². The van der Waals surface area contributed by atoms with Crippen LogP contribution in [0.1, 0.15) is 17.8 Å². The first-order valence-electron chi connectivity index (χ1n) is 4.54. The van der Waals surface area contributed by atoms with Crippen LogP contribution in [-0.2, 0) is 6.42 Å². The predicted molar refractivity (Wildman–Crippen MR) is 51.4 cm³/mol. The highest BCUT2D eigenvalue weighted by molar-refractivity contribution is 7.09. The molecule has 2 rings (SSSR count). The van der Waals surface area contributed by atoms with Crippen LogP contribution in [0.15, 0.2) is 11.6 Å². The molecule has 3 heteroatoms. The minimum Gasteiger partial charge on any atom is -0.316 e. The van der Waals surface area contributed by atoms with Crippen LogP contribution < -0.4 is 5.32 Å². The molecular weight excluding hydrogens is 168 g/mol. The lowest BCUT2D eigenvalue weighted by Gasteiger charge is -2.04. The summed E-state index contributed by atoms with van der Waals surface area (Å²) in [6, 6.07) is 0. The summed E-state index contributed by atoms with van der Waals surface area (Å²) in [5, 5.41) is 6.74. The van der Waals surface area contributed by atoms with Gasteiger partial charge >= 0.3 is 0 Å². The third-order valence-electron chi connectivity index (χ3n) is 2.41. The summed E-state index contributed by atoms with van der Waals surface area (Å²) in [4.78, 5) is 4.28. The summed E-state index contributed by atoms with van der Waals surface area (Å²) in [6.45, 7) is 2.42. The molecule has 2 heterocycles. The summed E-state index contributed by atoms with van der Waals surface area (Å²) in [6.07, 6.45) is 5.72. The summed E-state index contributed by atoms with van der Waals surface area (Å²) < 4.78 is 0. The van der Waals surface area contributed by atoms with Crippen molar-refractivity contribution in [2.75, 3.05) is 13.1 Å². The Kier molecular flexibility index (Phi) is 2.74. The van der Waals surface area contributed by atoms with Crippen LogP contribution in [0, 0.1) is 5.92 Å². The number of nitrogens with one attached hydrogen (secondary N) is 1. The van der Waals surface area contributed by atoms with E-state index in [-0.39, 0.29) is 0 Å². The van der Waals surface area contributed by atoms with E-state index in [0.717, 1.165) is 5.92 Å². The number of aromatic nitrogens is 1. The molecule has 1 unspecified atom stereocenters. The van der Waals surface area contributed by atoms with Gasteiger partial charge in [0.05, 0.1) is 5.01 Å². The molecular formula is C9H14N2S. The van der Waals surface area contributed by atoms with Gasteiger partial charge < -0.3 is 5.32 Å². The topological polar surface area (TPSA) is 24.9 Å². The van der Waals surface area contributed by atoms with Crippen molar-refractivity contribution in [2.24, 2.45) is 5.92 Å². The minimum atomic E-state index is 0.897. The molecule has 1 N–H and O–H groups in total. The lowest BCUT2D eigenvalue weighted by atomic mass is 10.0. The molecule has 12 heavy (non-hydrogen) atoms. The second-order valence-corrected chi connectivity index (χ2v) is 4.30. The molecule has 0 bridgehead atoms. The SMILES string of the molecule is c1csc(CCC2CCNC2)n1. The second kappa shape index (κ2) is 4.01. The first kappa shape index (κ1) is 8.20. The molecule has 0 radical (unpaired) electrons. The third kappa shape index (κ3) is 2.05. The second-order valence-electron chi connectivity index (χ2n) is 3.32. The summed E-state index contributed by atoms with van der Waals surface area (Å²) in [5.74, 6) is 0.897. The number of hydrogen-bond donors (Lipinski definition) is 1. The molecule has 0 aliphatic carbocycles. The van der Waals surface area contributed by atoms with Crippen LogP contribution >= 0.6 is 11.3 Å². The third-order valence-corrected chi connectivity index (χ3v) is 3.25. The van der Waals surface area contributed by atoms with E-state index in [1.807, 2.05) is 6.20 Å². The highest BCUT2D eigenvalue weighted by Crippen LogP contribution is 2.16. The van der Waals surface area contributed by atoms with Crippen LogP contribution in [0.3, 0.4) is 0 Å². The lowest BCUT2D eigenvalue weighted by molar-refractivity contribution is 0.532. The molecule has 1 fully saturated rings. The molecule has 1 aliphatic rings. The first-order chi connectivity index (χ1) is 5.95. The molecule has 1 saturated heterocycles. The van der Waals surface area contributed by atoms with Crippen LogP contribution in [0.4, 0.5) is 0 Å². The molecule has 0 spiro atoms. The Morgan fingerprint density at radius 2 is 2.67 bits per heavy atom. The fraction of sp³-hybridized carbons (Fsp3) is 0.667. The molecule has 1 aliphatic heterocycles. The molecule has 1 aromatic heterocycles. The van der Waals surface area contributed by atoms with Gasteiger partial charge in [-0.05, 0) is 38.3 Å². The number of aryl methyl sites for hydroxylation is 1. The van der Waals surface area contributed by atoms with E-state index >= 15 is 0 Å². The Labute approximate surface area is 77.0 Å². The van der Waals surface area contributed by atoms with Gasteiger partial charge in [0.15, 0.2) is 0 Å². The zero-order valence-corrected chi connectivity index (χ0v) is 7.94. The summed E-state index contributed by atoms with van der Waals surface area (Å²) >= 11 is 1.77. The van der Waals surface area contributed by atoms with Gasteiger partial charge in [0.1, 0.15) is 0 Å². The maximum atomic E-state index is 4.28. The molecule has 2 nitrogen and oxygen atoms in total. The summed E-state index contributed by atoms with van der Waals surface area (Å²) in [5.41, 5.74) is 0. The Bertz CT molecular complexity index is 214. The van der Waals surface area contributed by atoms with Crippen molar-refractivity contribution < 1.29 is 0 Å². The average Bonchev–Trinajstić information content (AvgIpc) is 2.74. The van der Waals surface area contributed by atoms with Gasteiger partial charge in [-0.3, -0.25) is 0 Å². The van der Waals surface area contributed by atoms with Crippen LogP contribution in [0.2, 0.25) is 0 Å². The van der Waals surface area contributed by atoms with Gasteiger partial charge in [-0.15, -0.1) is 11.3 Å². The lowest BCUT2D eigenvalue weighted by Crippen LogP contribution is -2.09. The van der Waals surface area contributed by atoms with Crippen molar-refractivity contribution in [2.45, 2.75) is 19.3 Å². The van der Waals surface area contributed by atoms with Crippen molar-refractivity contribution in [1.29, 1.82) is 0 Å².